The zero-order valence-electron chi connectivity index (χ0n) is 5.68. The van der Waals surface area contributed by atoms with Gasteiger partial charge in [-0.1, -0.05) is 0 Å². The maximum absolute atomic E-state index is 10.9. The van der Waals surface area contributed by atoms with Gasteiger partial charge in [0.1, 0.15) is 0 Å². The number of nitrogens with one attached hydrogen (secondary N) is 1. The van der Waals surface area contributed by atoms with Gasteiger partial charge in [-0.25, -0.2) is 0 Å². The summed E-state index contributed by atoms with van der Waals surface area (Å²) < 4.78 is 0. The summed E-state index contributed by atoms with van der Waals surface area (Å²) in [6.45, 7) is 2.40. The minimum Gasteiger partial charge on any atom is -0.341 e. The van der Waals surface area contributed by atoms with Gasteiger partial charge >= 0.3 is 0 Å². The maximum Gasteiger partial charge on any atom is 0.236 e. The van der Waals surface area contributed by atoms with Crippen LogP contribution < -0.4 is 5.32 Å². The number of likely N-dealkylation sites (tertiary alicyclic amines) is 1. The van der Waals surface area contributed by atoms with Gasteiger partial charge in [0.15, 0.2) is 0 Å². The van der Waals surface area contributed by atoms with Crippen LogP contribution in [0.4, 0.5) is 0 Å². The van der Waals surface area contributed by atoms with E-state index in [1.807, 2.05) is 4.90 Å². The molecule has 1 aliphatic rings. The third-order valence-corrected chi connectivity index (χ3v) is 1.54. The Morgan fingerprint density at radius 1 is 1.67 bits per heavy atom. The normalized spacial score (nSPS) is 17.2. The van der Waals surface area contributed by atoms with Crippen molar-refractivity contribution in [2.45, 2.75) is 6.42 Å². The van der Waals surface area contributed by atoms with Gasteiger partial charge in [0, 0.05) is 13.1 Å². The highest BCUT2D eigenvalue weighted by atomic mass is 16.2. The lowest BCUT2D eigenvalue weighted by molar-refractivity contribution is -0.133. The van der Waals surface area contributed by atoms with Crippen LogP contribution in [0.15, 0.2) is 0 Å². The van der Waals surface area contributed by atoms with E-state index in [1.54, 1.807) is 7.05 Å². The average Bonchev–Trinajstić information content (AvgIpc) is 1.60. The fourth-order valence-electron chi connectivity index (χ4n) is 0.829. The number of carbonyl (C=O) groups is 1. The lowest BCUT2D eigenvalue weighted by Crippen LogP contribution is -2.45. The molecule has 0 atom stereocenters. The topological polar surface area (TPSA) is 32.3 Å². The second-order valence-corrected chi connectivity index (χ2v) is 2.26. The quantitative estimate of drug-likeness (QED) is 0.540. The summed E-state index contributed by atoms with van der Waals surface area (Å²) in [6, 6.07) is 0. The lowest BCUT2D eigenvalue weighted by atomic mass is 10.2. The molecule has 1 rings (SSSR count). The first-order valence-electron chi connectivity index (χ1n) is 3.27. The van der Waals surface area contributed by atoms with Gasteiger partial charge in [-0.05, 0) is 13.5 Å². The van der Waals surface area contributed by atoms with Gasteiger partial charge < -0.3 is 10.2 Å². The van der Waals surface area contributed by atoms with Crippen molar-refractivity contribution in [2.24, 2.45) is 0 Å². The zero-order valence-corrected chi connectivity index (χ0v) is 5.68. The number of hydrogen-bond acceptors (Lipinski definition) is 2. The smallest absolute Gasteiger partial charge is 0.236 e. The van der Waals surface area contributed by atoms with E-state index in [0.717, 1.165) is 13.1 Å². The molecule has 0 saturated carbocycles. The third kappa shape index (κ3) is 1.42. The van der Waals surface area contributed by atoms with Crippen molar-refractivity contribution in [1.82, 2.24) is 10.2 Å². The Balaban J connectivity index is 2.16. The van der Waals surface area contributed by atoms with E-state index in [0.29, 0.717) is 6.54 Å². The van der Waals surface area contributed by atoms with E-state index in [1.165, 1.54) is 6.42 Å². The largest absolute Gasteiger partial charge is 0.341 e. The Bertz CT molecular complexity index is 110. The van der Waals surface area contributed by atoms with Crippen LogP contribution in [-0.4, -0.2) is 37.5 Å². The standard InChI is InChI=1S/C6H12N2O/c1-7-5-6(9)8-3-2-4-8/h7H,2-5H2,1H3. The summed E-state index contributed by atoms with van der Waals surface area (Å²) in [4.78, 5) is 12.7. The molecule has 1 N–H and O–H groups in total. The highest BCUT2D eigenvalue weighted by Crippen LogP contribution is 2.04. The molecule has 0 aromatic rings. The summed E-state index contributed by atoms with van der Waals surface area (Å²) >= 11 is 0. The summed E-state index contributed by atoms with van der Waals surface area (Å²) in [5, 5.41) is 2.83. The number of rotatable bonds is 2. The SMILES string of the molecule is CNCC(=O)N1CCC1. The van der Waals surface area contributed by atoms with Crippen molar-refractivity contribution in [2.75, 3.05) is 26.7 Å². The van der Waals surface area contributed by atoms with Crippen LogP contribution in [0, 0.1) is 0 Å². The van der Waals surface area contributed by atoms with Crippen molar-refractivity contribution in [3.8, 4) is 0 Å². The number of hydrogen-bond donors (Lipinski definition) is 1. The molecule has 0 bridgehead atoms. The van der Waals surface area contributed by atoms with Crippen LogP contribution in [0.5, 0.6) is 0 Å². The second-order valence-electron chi connectivity index (χ2n) is 2.26. The molecule has 0 radical (unpaired) electrons. The Labute approximate surface area is 55.0 Å². The molecule has 0 aromatic heterocycles. The molecule has 1 saturated heterocycles. The van der Waals surface area contributed by atoms with Crippen LogP contribution in [-0.2, 0) is 4.79 Å². The Morgan fingerprint density at radius 3 is 2.67 bits per heavy atom. The fourth-order valence-corrected chi connectivity index (χ4v) is 0.829. The van der Waals surface area contributed by atoms with E-state index in [4.69, 9.17) is 0 Å². The molecule has 0 aliphatic carbocycles. The molecule has 0 spiro atoms. The first-order chi connectivity index (χ1) is 4.34. The average molecular weight is 128 g/mol. The number of likely N-dealkylation sites (N-methyl/N-ethyl adjacent to an activating group) is 1. The predicted molar refractivity (Wildman–Crippen MR) is 35.1 cm³/mol. The first kappa shape index (κ1) is 6.55. The van der Waals surface area contributed by atoms with Crippen LogP contribution in [0.3, 0.4) is 0 Å². The van der Waals surface area contributed by atoms with Gasteiger partial charge in [0.05, 0.1) is 6.54 Å². The molecule has 0 unspecified atom stereocenters. The van der Waals surface area contributed by atoms with Crippen molar-refractivity contribution in [3.63, 3.8) is 0 Å². The highest BCUT2D eigenvalue weighted by molar-refractivity contribution is 5.78. The monoisotopic (exact) mass is 128 g/mol. The number of carbonyl (C=O) groups excluding carboxylic acids is 1. The van der Waals surface area contributed by atoms with Crippen molar-refractivity contribution in [1.29, 1.82) is 0 Å². The summed E-state index contributed by atoms with van der Waals surface area (Å²) in [7, 11) is 1.79. The van der Waals surface area contributed by atoms with Gasteiger partial charge in [-0.2, -0.15) is 0 Å². The van der Waals surface area contributed by atoms with Gasteiger partial charge in [0.2, 0.25) is 5.91 Å². The molecule has 1 amide bonds. The fraction of sp³-hybridized carbons (Fsp3) is 0.833. The number of nitrogens with zero attached hydrogens (tertiary/aromatic N) is 1. The van der Waals surface area contributed by atoms with Gasteiger partial charge in [-0.15, -0.1) is 0 Å². The minimum atomic E-state index is 0.226. The summed E-state index contributed by atoms with van der Waals surface area (Å²) in [6.07, 6.45) is 1.18. The number of amides is 1. The Morgan fingerprint density at radius 2 is 2.33 bits per heavy atom. The Hall–Kier alpha value is -0.570. The minimum absolute atomic E-state index is 0.226. The van der Waals surface area contributed by atoms with Gasteiger partial charge in [-0.3, -0.25) is 4.79 Å². The Kier molecular flexibility index (Phi) is 2.05. The molecule has 52 valence electrons. The van der Waals surface area contributed by atoms with E-state index in [-0.39, 0.29) is 5.91 Å². The molecular weight excluding hydrogens is 116 g/mol. The van der Waals surface area contributed by atoms with Crippen molar-refractivity contribution < 1.29 is 4.79 Å². The van der Waals surface area contributed by atoms with Crippen LogP contribution in [0.25, 0.3) is 0 Å². The van der Waals surface area contributed by atoms with Gasteiger partial charge in [0.25, 0.3) is 0 Å². The zero-order chi connectivity index (χ0) is 6.69. The first-order valence-corrected chi connectivity index (χ1v) is 3.27. The van der Waals surface area contributed by atoms with Crippen molar-refractivity contribution in [3.05, 3.63) is 0 Å². The predicted octanol–water partition coefficient (Wildman–Crippen LogP) is -0.562. The highest BCUT2D eigenvalue weighted by Gasteiger charge is 2.18. The van der Waals surface area contributed by atoms with Crippen LogP contribution in [0.2, 0.25) is 0 Å². The van der Waals surface area contributed by atoms with Crippen LogP contribution >= 0.6 is 0 Å². The molecule has 3 nitrogen and oxygen atoms in total. The lowest BCUT2D eigenvalue weighted by Gasteiger charge is -2.30. The van der Waals surface area contributed by atoms with E-state index >= 15 is 0 Å². The van der Waals surface area contributed by atoms with E-state index in [9.17, 15) is 4.79 Å². The molecule has 1 aliphatic heterocycles. The molecular formula is C6H12N2O. The van der Waals surface area contributed by atoms with Crippen molar-refractivity contribution >= 4 is 5.91 Å². The molecule has 3 heteroatoms. The second kappa shape index (κ2) is 2.82. The summed E-state index contributed by atoms with van der Waals surface area (Å²) in [5.41, 5.74) is 0. The molecule has 0 aromatic carbocycles. The maximum atomic E-state index is 10.9. The van der Waals surface area contributed by atoms with E-state index in [2.05, 4.69) is 5.32 Å². The molecule has 9 heavy (non-hydrogen) atoms. The third-order valence-electron chi connectivity index (χ3n) is 1.54. The molecule has 1 fully saturated rings. The summed E-state index contributed by atoms with van der Waals surface area (Å²) in [5.74, 6) is 0.226. The van der Waals surface area contributed by atoms with E-state index < -0.39 is 0 Å². The van der Waals surface area contributed by atoms with Crippen LogP contribution in [0.1, 0.15) is 6.42 Å². The molecule has 1 heterocycles.